The summed E-state index contributed by atoms with van der Waals surface area (Å²) in [5.41, 5.74) is 8.43. The van der Waals surface area contributed by atoms with Crippen molar-refractivity contribution >= 4 is 22.2 Å². The third-order valence-electron chi connectivity index (χ3n) is 5.41. The van der Waals surface area contributed by atoms with Gasteiger partial charge in [-0.05, 0) is 48.0 Å². The minimum absolute atomic E-state index is 0.586. The van der Waals surface area contributed by atoms with Crippen molar-refractivity contribution in [2.75, 3.05) is 0 Å². The lowest BCUT2D eigenvalue weighted by Crippen LogP contribution is -1.97. The number of pyridine rings is 3. The van der Waals surface area contributed by atoms with Gasteiger partial charge in [-0.25, -0.2) is 15.0 Å². The van der Waals surface area contributed by atoms with E-state index in [9.17, 15) is 0 Å². The SMILES string of the molecule is c1ccc(-c2ccc(-c3ccccn3)c3nc4nc(-c5ccccn5)ccc4nc23)cc1. The second-order valence-electron chi connectivity index (χ2n) is 7.42. The van der Waals surface area contributed by atoms with Crippen LogP contribution in [0.15, 0.2) is 103 Å². The zero-order valence-electron chi connectivity index (χ0n) is 17.1. The molecular formula is C27H17N5. The number of hydrogen-bond acceptors (Lipinski definition) is 5. The maximum Gasteiger partial charge on any atom is 0.179 e. The lowest BCUT2D eigenvalue weighted by molar-refractivity contribution is 1.24. The molecule has 5 nitrogen and oxygen atoms in total. The zero-order valence-corrected chi connectivity index (χ0v) is 17.1. The van der Waals surface area contributed by atoms with E-state index in [4.69, 9.17) is 15.0 Å². The normalized spacial score (nSPS) is 11.1. The Morgan fingerprint density at radius 2 is 1.12 bits per heavy atom. The maximum absolute atomic E-state index is 5.00. The van der Waals surface area contributed by atoms with Crippen LogP contribution in [0.1, 0.15) is 0 Å². The van der Waals surface area contributed by atoms with Gasteiger partial charge in [-0.1, -0.05) is 48.5 Å². The number of hydrogen-bond donors (Lipinski definition) is 0. The van der Waals surface area contributed by atoms with Crippen LogP contribution in [-0.2, 0) is 0 Å². The molecule has 0 spiro atoms. The molecular weight excluding hydrogens is 394 g/mol. The molecule has 5 heteroatoms. The summed E-state index contributed by atoms with van der Waals surface area (Å²) in [6, 6.07) is 30.0. The number of fused-ring (bicyclic) bond motifs is 2. The van der Waals surface area contributed by atoms with Gasteiger partial charge >= 0.3 is 0 Å². The molecule has 0 amide bonds. The van der Waals surface area contributed by atoms with E-state index >= 15 is 0 Å². The first-order valence-electron chi connectivity index (χ1n) is 10.4. The molecule has 0 saturated heterocycles. The van der Waals surface area contributed by atoms with E-state index < -0.39 is 0 Å². The molecule has 0 aliphatic rings. The smallest absolute Gasteiger partial charge is 0.179 e. The van der Waals surface area contributed by atoms with Gasteiger partial charge in [0, 0.05) is 23.5 Å². The van der Waals surface area contributed by atoms with Crippen molar-refractivity contribution in [3.63, 3.8) is 0 Å². The van der Waals surface area contributed by atoms with Crippen LogP contribution >= 0.6 is 0 Å². The van der Waals surface area contributed by atoms with Crippen LogP contribution in [0.4, 0.5) is 0 Å². The average Bonchev–Trinajstić information content (AvgIpc) is 2.88. The molecule has 0 bridgehead atoms. The fraction of sp³-hybridized carbons (Fsp3) is 0. The summed E-state index contributed by atoms with van der Waals surface area (Å²) in [5, 5.41) is 0. The number of benzene rings is 2. The highest BCUT2D eigenvalue weighted by Crippen LogP contribution is 2.34. The van der Waals surface area contributed by atoms with Gasteiger partial charge in [-0.2, -0.15) is 0 Å². The topological polar surface area (TPSA) is 64.5 Å². The van der Waals surface area contributed by atoms with E-state index in [0.717, 1.165) is 50.3 Å². The molecule has 0 aliphatic carbocycles. The van der Waals surface area contributed by atoms with Gasteiger partial charge in [-0.3, -0.25) is 9.97 Å². The van der Waals surface area contributed by atoms with E-state index in [2.05, 4.69) is 34.2 Å². The van der Waals surface area contributed by atoms with Crippen molar-refractivity contribution < 1.29 is 0 Å². The molecule has 0 aliphatic heterocycles. The molecule has 4 heterocycles. The first kappa shape index (κ1) is 18.3. The summed E-state index contributed by atoms with van der Waals surface area (Å²) < 4.78 is 0. The van der Waals surface area contributed by atoms with Crippen LogP contribution in [0.3, 0.4) is 0 Å². The molecule has 0 N–H and O–H groups in total. The number of aromatic nitrogens is 5. The lowest BCUT2D eigenvalue weighted by Gasteiger charge is -2.11. The second-order valence-corrected chi connectivity index (χ2v) is 7.42. The van der Waals surface area contributed by atoms with E-state index in [1.807, 2.05) is 66.7 Å². The Hall–Kier alpha value is -4.51. The fourth-order valence-corrected chi connectivity index (χ4v) is 3.88. The number of nitrogens with zero attached hydrogens (tertiary/aromatic N) is 5. The molecule has 0 atom stereocenters. The van der Waals surface area contributed by atoms with Crippen molar-refractivity contribution in [3.8, 4) is 33.8 Å². The van der Waals surface area contributed by atoms with E-state index in [0.29, 0.717) is 5.65 Å². The third-order valence-corrected chi connectivity index (χ3v) is 5.41. The maximum atomic E-state index is 5.00. The summed E-state index contributed by atoms with van der Waals surface area (Å²) >= 11 is 0. The summed E-state index contributed by atoms with van der Waals surface area (Å²) in [6.45, 7) is 0. The van der Waals surface area contributed by atoms with E-state index in [1.165, 1.54) is 0 Å². The Balaban J connectivity index is 1.65. The lowest BCUT2D eigenvalue weighted by atomic mass is 9.99. The predicted octanol–water partition coefficient (Wildman–Crippen LogP) is 5.97. The quantitative estimate of drug-likeness (QED) is 0.336. The van der Waals surface area contributed by atoms with Gasteiger partial charge in [-0.15, -0.1) is 0 Å². The predicted molar refractivity (Wildman–Crippen MR) is 127 cm³/mol. The molecule has 150 valence electrons. The largest absolute Gasteiger partial charge is 0.256 e. The molecule has 32 heavy (non-hydrogen) atoms. The first-order chi connectivity index (χ1) is 15.9. The van der Waals surface area contributed by atoms with Crippen molar-refractivity contribution in [2.45, 2.75) is 0 Å². The highest BCUT2D eigenvalue weighted by molar-refractivity contribution is 6.02. The van der Waals surface area contributed by atoms with E-state index in [1.54, 1.807) is 12.4 Å². The van der Waals surface area contributed by atoms with Gasteiger partial charge in [0.2, 0.25) is 0 Å². The zero-order chi connectivity index (χ0) is 21.3. The summed E-state index contributed by atoms with van der Waals surface area (Å²) in [6.07, 6.45) is 3.55. The monoisotopic (exact) mass is 411 g/mol. The molecule has 6 rings (SSSR count). The third kappa shape index (κ3) is 3.17. The molecule has 0 radical (unpaired) electrons. The van der Waals surface area contributed by atoms with Crippen LogP contribution < -0.4 is 0 Å². The van der Waals surface area contributed by atoms with Gasteiger partial charge in [0.15, 0.2) is 5.65 Å². The highest BCUT2D eigenvalue weighted by Gasteiger charge is 2.15. The molecule has 2 aromatic carbocycles. The van der Waals surface area contributed by atoms with Gasteiger partial charge in [0.05, 0.1) is 22.6 Å². The Morgan fingerprint density at radius 1 is 0.438 bits per heavy atom. The van der Waals surface area contributed by atoms with Crippen LogP contribution in [0.5, 0.6) is 0 Å². The molecule has 6 aromatic rings. The summed E-state index contributed by atoms with van der Waals surface area (Å²) in [5.74, 6) is 0. The van der Waals surface area contributed by atoms with Crippen molar-refractivity contribution in [2.24, 2.45) is 0 Å². The number of rotatable bonds is 3. The van der Waals surface area contributed by atoms with Crippen LogP contribution in [0.2, 0.25) is 0 Å². The van der Waals surface area contributed by atoms with Crippen molar-refractivity contribution in [3.05, 3.63) is 103 Å². The minimum Gasteiger partial charge on any atom is -0.256 e. The molecule has 0 unspecified atom stereocenters. The van der Waals surface area contributed by atoms with Crippen molar-refractivity contribution in [1.29, 1.82) is 0 Å². The average molecular weight is 411 g/mol. The highest BCUT2D eigenvalue weighted by atomic mass is 14.9. The minimum atomic E-state index is 0.586. The molecule has 4 aromatic heterocycles. The van der Waals surface area contributed by atoms with E-state index in [-0.39, 0.29) is 0 Å². The van der Waals surface area contributed by atoms with Gasteiger partial charge in [0.25, 0.3) is 0 Å². The standard InChI is InChI=1S/C27H17N5/c1-2-8-18(9-3-1)19-12-13-20(21-10-4-6-16-28-21)26-25(19)30-24-15-14-23(31-27(24)32-26)22-11-5-7-17-29-22/h1-17H. The molecule has 0 saturated carbocycles. The van der Waals surface area contributed by atoms with Crippen molar-refractivity contribution in [1.82, 2.24) is 24.9 Å². The van der Waals surface area contributed by atoms with Gasteiger partial charge in [0.1, 0.15) is 11.0 Å². The fourth-order valence-electron chi connectivity index (χ4n) is 3.88. The Kier molecular flexibility index (Phi) is 4.36. The molecule has 0 fully saturated rings. The Labute approximate surface area is 184 Å². The second kappa shape index (κ2) is 7.63. The Bertz CT molecular complexity index is 1550. The Morgan fingerprint density at radius 3 is 1.88 bits per heavy atom. The van der Waals surface area contributed by atoms with Crippen LogP contribution in [0, 0.1) is 0 Å². The van der Waals surface area contributed by atoms with Crippen LogP contribution in [0.25, 0.3) is 56.0 Å². The van der Waals surface area contributed by atoms with Crippen LogP contribution in [-0.4, -0.2) is 24.9 Å². The van der Waals surface area contributed by atoms with Gasteiger partial charge < -0.3 is 0 Å². The first-order valence-corrected chi connectivity index (χ1v) is 10.4. The summed E-state index contributed by atoms with van der Waals surface area (Å²) in [4.78, 5) is 23.7. The summed E-state index contributed by atoms with van der Waals surface area (Å²) in [7, 11) is 0.